The minimum atomic E-state index is -0.492. The summed E-state index contributed by atoms with van der Waals surface area (Å²) < 4.78 is 25.3. The van der Waals surface area contributed by atoms with E-state index in [1.54, 1.807) is 18.2 Å². The average molecular weight is 257 g/mol. The van der Waals surface area contributed by atoms with Crippen LogP contribution in [0.15, 0.2) is 54.6 Å². The number of ether oxygens (including phenoxy) is 2. The lowest BCUT2D eigenvalue weighted by Gasteiger charge is -2.13. The zero-order valence-corrected chi connectivity index (χ0v) is 10.3. The molecule has 0 amide bonds. The quantitative estimate of drug-likeness (QED) is 0.814. The SMILES string of the molecule is [CH2][C@@H]1OC(c2ccccc2)O[C@H]1c1ccccc1F. The van der Waals surface area contributed by atoms with E-state index in [1.807, 2.05) is 30.3 Å². The van der Waals surface area contributed by atoms with Crippen LogP contribution in [0.5, 0.6) is 0 Å². The summed E-state index contributed by atoms with van der Waals surface area (Å²) >= 11 is 0. The van der Waals surface area contributed by atoms with Crippen molar-refractivity contribution in [2.45, 2.75) is 18.5 Å². The lowest BCUT2D eigenvalue weighted by atomic mass is 10.1. The molecule has 0 spiro atoms. The Hall–Kier alpha value is -1.71. The van der Waals surface area contributed by atoms with Crippen molar-refractivity contribution in [1.82, 2.24) is 0 Å². The molecule has 1 heterocycles. The molecule has 0 N–H and O–H groups in total. The van der Waals surface area contributed by atoms with Gasteiger partial charge >= 0.3 is 0 Å². The van der Waals surface area contributed by atoms with Gasteiger partial charge in [0.1, 0.15) is 11.9 Å². The standard InChI is InChI=1S/C16H14FO2/c1-11-15(13-9-5-6-10-14(13)17)19-16(18-11)12-7-3-2-4-8-12/h2-11,15-16H,1H2/t11-,15+,16?/m0/s1. The summed E-state index contributed by atoms with van der Waals surface area (Å²) in [6, 6.07) is 16.1. The molecule has 19 heavy (non-hydrogen) atoms. The van der Waals surface area contributed by atoms with E-state index >= 15 is 0 Å². The van der Waals surface area contributed by atoms with Gasteiger partial charge in [-0.15, -0.1) is 0 Å². The molecule has 1 aliphatic heterocycles. The van der Waals surface area contributed by atoms with Gasteiger partial charge in [-0.3, -0.25) is 0 Å². The molecule has 0 aliphatic carbocycles. The van der Waals surface area contributed by atoms with Gasteiger partial charge in [0.15, 0.2) is 6.29 Å². The van der Waals surface area contributed by atoms with Crippen molar-refractivity contribution in [1.29, 1.82) is 0 Å². The van der Waals surface area contributed by atoms with Crippen LogP contribution in [-0.4, -0.2) is 6.10 Å². The maximum absolute atomic E-state index is 13.8. The van der Waals surface area contributed by atoms with E-state index in [4.69, 9.17) is 9.47 Å². The first kappa shape index (κ1) is 12.3. The molecule has 2 aromatic rings. The summed E-state index contributed by atoms with van der Waals surface area (Å²) in [6.45, 7) is 3.90. The van der Waals surface area contributed by atoms with Crippen LogP contribution < -0.4 is 0 Å². The topological polar surface area (TPSA) is 18.5 Å². The zero-order valence-electron chi connectivity index (χ0n) is 10.3. The second-order valence-electron chi connectivity index (χ2n) is 4.50. The summed E-state index contributed by atoms with van der Waals surface area (Å²) in [4.78, 5) is 0. The van der Waals surface area contributed by atoms with Crippen molar-refractivity contribution in [3.63, 3.8) is 0 Å². The fourth-order valence-electron chi connectivity index (χ4n) is 2.23. The molecule has 1 unspecified atom stereocenters. The van der Waals surface area contributed by atoms with E-state index in [-0.39, 0.29) is 5.82 Å². The lowest BCUT2D eigenvalue weighted by molar-refractivity contribution is -0.0660. The number of halogens is 1. The molecule has 3 atom stereocenters. The third-order valence-corrected chi connectivity index (χ3v) is 3.19. The van der Waals surface area contributed by atoms with Crippen LogP contribution >= 0.6 is 0 Å². The maximum Gasteiger partial charge on any atom is 0.185 e. The molecule has 2 nitrogen and oxygen atoms in total. The highest BCUT2D eigenvalue weighted by atomic mass is 19.1. The minimum Gasteiger partial charge on any atom is -0.342 e. The third-order valence-electron chi connectivity index (χ3n) is 3.19. The van der Waals surface area contributed by atoms with Crippen molar-refractivity contribution in [3.05, 3.63) is 78.5 Å². The summed E-state index contributed by atoms with van der Waals surface area (Å²) in [7, 11) is 0. The minimum absolute atomic E-state index is 0.293. The van der Waals surface area contributed by atoms with Gasteiger partial charge in [-0.25, -0.2) is 4.39 Å². The molecular weight excluding hydrogens is 243 g/mol. The van der Waals surface area contributed by atoms with Crippen molar-refractivity contribution in [2.75, 3.05) is 0 Å². The Balaban J connectivity index is 1.85. The molecule has 3 heteroatoms. The molecule has 1 radical (unpaired) electrons. The Morgan fingerprint density at radius 1 is 0.895 bits per heavy atom. The first-order valence-electron chi connectivity index (χ1n) is 6.19. The van der Waals surface area contributed by atoms with Crippen LogP contribution in [0, 0.1) is 12.7 Å². The van der Waals surface area contributed by atoms with Gasteiger partial charge in [0.05, 0.1) is 6.10 Å². The fraction of sp³-hybridized carbons (Fsp3) is 0.188. The van der Waals surface area contributed by atoms with Crippen LogP contribution in [0.2, 0.25) is 0 Å². The number of hydrogen-bond donors (Lipinski definition) is 0. The van der Waals surface area contributed by atoms with Gasteiger partial charge in [-0.2, -0.15) is 0 Å². The second-order valence-corrected chi connectivity index (χ2v) is 4.50. The van der Waals surface area contributed by atoms with Crippen LogP contribution in [-0.2, 0) is 9.47 Å². The van der Waals surface area contributed by atoms with Gasteiger partial charge in [-0.1, -0.05) is 48.5 Å². The number of rotatable bonds is 2. The van der Waals surface area contributed by atoms with Gasteiger partial charge < -0.3 is 9.47 Å². The van der Waals surface area contributed by atoms with E-state index in [0.717, 1.165) is 5.56 Å². The summed E-state index contributed by atoms with van der Waals surface area (Å²) in [5.41, 5.74) is 1.40. The highest BCUT2D eigenvalue weighted by molar-refractivity contribution is 5.23. The molecule has 2 aromatic carbocycles. The summed E-state index contributed by atoms with van der Waals surface area (Å²) in [5, 5.41) is 0. The Morgan fingerprint density at radius 2 is 1.58 bits per heavy atom. The molecule has 1 aliphatic rings. The molecule has 0 aromatic heterocycles. The second kappa shape index (κ2) is 5.11. The first-order valence-corrected chi connectivity index (χ1v) is 6.19. The predicted molar refractivity (Wildman–Crippen MR) is 69.6 cm³/mol. The molecule has 1 saturated heterocycles. The lowest BCUT2D eigenvalue weighted by Crippen LogP contribution is -2.12. The highest BCUT2D eigenvalue weighted by Crippen LogP contribution is 2.40. The van der Waals surface area contributed by atoms with Crippen LogP contribution in [0.4, 0.5) is 4.39 Å². The Morgan fingerprint density at radius 3 is 2.32 bits per heavy atom. The summed E-state index contributed by atoms with van der Waals surface area (Å²) in [5.74, 6) is -0.293. The normalized spacial score (nSPS) is 26.5. The van der Waals surface area contributed by atoms with E-state index in [1.165, 1.54) is 6.07 Å². The van der Waals surface area contributed by atoms with Crippen LogP contribution in [0.25, 0.3) is 0 Å². The van der Waals surface area contributed by atoms with Gasteiger partial charge in [0, 0.05) is 11.1 Å². The smallest absolute Gasteiger partial charge is 0.185 e. The van der Waals surface area contributed by atoms with Gasteiger partial charge in [-0.05, 0) is 13.0 Å². The third kappa shape index (κ3) is 2.39. The monoisotopic (exact) mass is 257 g/mol. The van der Waals surface area contributed by atoms with E-state index in [9.17, 15) is 4.39 Å². The molecule has 3 rings (SSSR count). The maximum atomic E-state index is 13.8. The zero-order chi connectivity index (χ0) is 13.2. The predicted octanol–water partition coefficient (Wildman–Crippen LogP) is 3.82. The first-order chi connectivity index (χ1) is 9.25. The van der Waals surface area contributed by atoms with Crippen LogP contribution in [0.3, 0.4) is 0 Å². The van der Waals surface area contributed by atoms with Crippen molar-refractivity contribution < 1.29 is 13.9 Å². The van der Waals surface area contributed by atoms with Gasteiger partial charge in [0.25, 0.3) is 0 Å². The summed E-state index contributed by atoms with van der Waals surface area (Å²) in [6.07, 6.45) is -1.40. The Bertz CT molecular complexity index is 556. The Labute approximate surface area is 111 Å². The van der Waals surface area contributed by atoms with Crippen molar-refractivity contribution in [2.24, 2.45) is 0 Å². The van der Waals surface area contributed by atoms with Crippen molar-refractivity contribution >= 4 is 0 Å². The largest absolute Gasteiger partial charge is 0.342 e. The van der Waals surface area contributed by atoms with E-state index in [2.05, 4.69) is 6.92 Å². The number of hydrogen-bond acceptors (Lipinski definition) is 2. The molecule has 0 saturated carbocycles. The molecular formula is C16H14FO2. The number of benzene rings is 2. The molecule has 97 valence electrons. The van der Waals surface area contributed by atoms with Gasteiger partial charge in [0.2, 0.25) is 0 Å². The molecule has 1 fully saturated rings. The van der Waals surface area contributed by atoms with Crippen molar-refractivity contribution in [3.8, 4) is 0 Å². The highest BCUT2D eigenvalue weighted by Gasteiger charge is 2.36. The van der Waals surface area contributed by atoms with E-state index in [0.29, 0.717) is 5.56 Å². The molecule has 0 bridgehead atoms. The average Bonchev–Trinajstić information content (AvgIpc) is 2.82. The Kier molecular flexibility index (Phi) is 3.32. The fourth-order valence-corrected chi connectivity index (χ4v) is 2.23. The van der Waals surface area contributed by atoms with Crippen LogP contribution in [0.1, 0.15) is 23.5 Å². The van der Waals surface area contributed by atoms with E-state index < -0.39 is 18.5 Å².